The van der Waals surface area contributed by atoms with Gasteiger partial charge >= 0.3 is 6.03 Å². The number of urea groups is 1. The summed E-state index contributed by atoms with van der Waals surface area (Å²) in [5.74, 6) is -0.320. The molecule has 2 aromatic rings. The number of imide groups is 1. The first-order valence-electron chi connectivity index (χ1n) is 8.14. The fraction of sp³-hybridized carbons (Fsp3) is 0.471. The minimum atomic E-state index is -0.436. The minimum Gasteiger partial charge on any atom is -0.338 e. The van der Waals surface area contributed by atoms with Crippen molar-refractivity contribution in [2.75, 3.05) is 20.1 Å². The van der Waals surface area contributed by atoms with Crippen LogP contribution in [-0.2, 0) is 4.79 Å². The van der Waals surface area contributed by atoms with E-state index in [1.807, 2.05) is 50.1 Å². The van der Waals surface area contributed by atoms with Gasteiger partial charge in [-0.1, -0.05) is 25.5 Å². The Labute approximate surface area is 146 Å². The number of rotatable bonds is 7. The molecule has 1 aromatic carbocycles. The van der Waals surface area contributed by atoms with Crippen molar-refractivity contribution in [2.24, 2.45) is 0 Å². The first-order valence-corrected chi connectivity index (χ1v) is 8.96. The fourth-order valence-corrected chi connectivity index (χ4v) is 3.29. The predicted molar refractivity (Wildman–Crippen MR) is 97.1 cm³/mol. The summed E-state index contributed by atoms with van der Waals surface area (Å²) in [5, 5.41) is 5.98. The number of hydrogen-bond acceptors (Lipinski definition) is 5. The SMILES string of the molecule is CCCCNC(=O)NC(=O)CN(C)[C@@H](C)c1nc2ccccc2s1. The lowest BCUT2D eigenvalue weighted by Gasteiger charge is -2.22. The van der Waals surface area contributed by atoms with E-state index < -0.39 is 6.03 Å². The van der Waals surface area contributed by atoms with Crippen LogP contribution >= 0.6 is 11.3 Å². The number of unbranched alkanes of at least 4 members (excludes halogenated alkanes) is 1. The lowest BCUT2D eigenvalue weighted by molar-refractivity contribution is -0.121. The van der Waals surface area contributed by atoms with Gasteiger partial charge in [-0.05, 0) is 32.5 Å². The largest absolute Gasteiger partial charge is 0.338 e. The van der Waals surface area contributed by atoms with E-state index in [2.05, 4.69) is 15.6 Å². The third kappa shape index (κ3) is 5.01. The van der Waals surface area contributed by atoms with Crippen LogP contribution in [-0.4, -0.2) is 42.0 Å². The summed E-state index contributed by atoms with van der Waals surface area (Å²) in [5.41, 5.74) is 0.970. The molecule has 1 atom stereocenters. The molecular weight excluding hydrogens is 324 g/mol. The van der Waals surface area contributed by atoms with Gasteiger partial charge in [-0.2, -0.15) is 0 Å². The van der Waals surface area contributed by atoms with Gasteiger partial charge in [0.1, 0.15) is 5.01 Å². The van der Waals surface area contributed by atoms with Crippen molar-refractivity contribution in [2.45, 2.75) is 32.7 Å². The smallest absolute Gasteiger partial charge is 0.321 e. The van der Waals surface area contributed by atoms with Gasteiger partial charge < -0.3 is 5.32 Å². The highest BCUT2D eigenvalue weighted by Gasteiger charge is 2.19. The zero-order valence-corrected chi connectivity index (χ0v) is 15.2. The molecule has 1 heterocycles. The minimum absolute atomic E-state index is 0.00342. The van der Waals surface area contributed by atoms with Crippen molar-refractivity contribution in [1.82, 2.24) is 20.5 Å². The number of likely N-dealkylation sites (N-methyl/N-ethyl adjacent to an activating group) is 1. The molecule has 7 heteroatoms. The predicted octanol–water partition coefficient (Wildman–Crippen LogP) is 2.92. The molecule has 0 aliphatic carbocycles. The van der Waals surface area contributed by atoms with Gasteiger partial charge in [-0.15, -0.1) is 11.3 Å². The molecule has 0 saturated carbocycles. The monoisotopic (exact) mass is 348 g/mol. The fourth-order valence-electron chi connectivity index (χ4n) is 2.21. The number of fused-ring (bicyclic) bond motifs is 1. The van der Waals surface area contributed by atoms with Crippen LogP contribution in [0.15, 0.2) is 24.3 Å². The van der Waals surface area contributed by atoms with E-state index in [0.29, 0.717) is 6.54 Å². The molecule has 1 aromatic heterocycles. The molecule has 0 aliphatic heterocycles. The van der Waals surface area contributed by atoms with E-state index in [-0.39, 0.29) is 18.5 Å². The number of hydrogen-bond donors (Lipinski definition) is 2. The van der Waals surface area contributed by atoms with Crippen LogP contribution in [0.25, 0.3) is 10.2 Å². The molecule has 0 fully saturated rings. The van der Waals surface area contributed by atoms with Gasteiger partial charge in [-0.25, -0.2) is 9.78 Å². The van der Waals surface area contributed by atoms with Crippen molar-refractivity contribution in [3.8, 4) is 0 Å². The highest BCUT2D eigenvalue weighted by Crippen LogP contribution is 2.28. The molecule has 0 saturated heterocycles. The number of thiazole rings is 1. The van der Waals surface area contributed by atoms with E-state index >= 15 is 0 Å². The van der Waals surface area contributed by atoms with Gasteiger partial charge in [0.05, 0.1) is 22.8 Å². The Bertz CT molecular complexity index is 668. The second-order valence-electron chi connectivity index (χ2n) is 5.77. The molecular formula is C17H24N4O2S. The summed E-state index contributed by atoms with van der Waals surface area (Å²) in [7, 11) is 1.85. The van der Waals surface area contributed by atoms with Gasteiger partial charge in [-0.3, -0.25) is 15.0 Å². The zero-order chi connectivity index (χ0) is 17.5. The van der Waals surface area contributed by atoms with Gasteiger partial charge in [0.15, 0.2) is 0 Å². The molecule has 0 radical (unpaired) electrons. The molecule has 0 spiro atoms. The second-order valence-corrected chi connectivity index (χ2v) is 6.83. The molecule has 0 aliphatic rings. The number of aromatic nitrogens is 1. The van der Waals surface area contributed by atoms with Gasteiger partial charge in [0.2, 0.25) is 5.91 Å². The summed E-state index contributed by atoms with van der Waals surface area (Å²) >= 11 is 1.62. The zero-order valence-electron chi connectivity index (χ0n) is 14.3. The van der Waals surface area contributed by atoms with E-state index in [4.69, 9.17) is 0 Å². The van der Waals surface area contributed by atoms with E-state index in [1.54, 1.807) is 11.3 Å². The summed E-state index contributed by atoms with van der Waals surface area (Å²) in [6.07, 6.45) is 1.90. The lowest BCUT2D eigenvalue weighted by atomic mass is 10.3. The molecule has 130 valence electrons. The molecule has 6 nitrogen and oxygen atoms in total. The first-order chi connectivity index (χ1) is 11.5. The van der Waals surface area contributed by atoms with Gasteiger partial charge in [0, 0.05) is 6.54 Å². The van der Waals surface area contributed by atoms with Crippen molar-refractivity contribution in [3.63, 3.8) is 0 Å². The number of carbonyl (C=O) groups is 2. The summed E-state index contributed by atoms with van der Waals surface area (Å²) in [6, 6.07) is 7.53. The maximum atomic E-state index is 12.0. The molecule has 0 bridgehead atoms. The van der Waals surface area contributed by atoms with Crippen LogP contribution < -0.4 is 10.6 Å². The lowest BCUT2D eigenvalue weighted by Crippen LogP contribution is -2.44. The number of nitrogens with zero attached hydrogens (tertiary/aromatic N) is 2. The average Bonchev–Trinajstić information content (AvgIpc) is 2.98. The Morgan fingerprint density at radius 1 is 1.33 bits per heavy atom. The standard InChI is InChI=1S/C17H24N4O2S/c1-4-5-10-18-17(23)20-15(22)11-21(3)12(2)16-19-13-8-6-7-9-14(13)24-16/h6-9,12H,4-5,10-11H2,1-3H3,(H2,18,20,22,23)/t12-/m0/s1. The van der Waals surface area contributed by atoms with E-state index in [1.165, 1.54) is 0 Å². The molecule has 2 N–H and O–H groups in total. The van der Waals surface area contributed by atoms with Crippen LogP contribution in [0.5, 0.6) is 0 Å². The maximum Gasteiger partial charge on any atom is 0.321 e. The quantitative estimate of drug-likeness (QED) is 0.755. The van der Waals surface area contributed by atoms with Gasteiger partial charge in [0.25, 0.3) is 0 Å². The topological polar surface area (TPSA) is 74.3 Å². The summed E-state index contributed by atoms with van der Waals surface area (Å²) in [4.78, 5) is 30.1. The maximum absolute atomic E-state index is 12.0. The summed E-state index contributed by atoms with van der Waals surface area (Å²) in [6.45, 7) is 4.77. The summed E-state index contributed by atoms with van der Waals surface area (Å²) < 4.78 is 1.13. The van der Waals surface area contributed by atoms with Crippen LogP contribution in [0, 0.1) is 0 Å². The Morgan fingerprint density at radius 3 is 2.79 bits per heavy atom. The highest BCUT2D eigenvalue weighted by molar-refractivity contribution is 7.18. The third-order valence-electron chi connectivity index (χ3n) is 3.79. The number of nitrogens with one attached hydrogen (secondary N) is 2. The van der Waals surface area contributed by atoms with E-state index in [0.717, 1.165) is 28.1 Å². The molecule has 3 amide bonds. The van der Waals surface area contributed by atoms with Crippen molar-refractivity contribution in [3.05, 3.63) is 29.3 Å². The second kappa shape index (κ2) is 8.75. The van der Waals surface area contributed by atoms with Crippen LogP contribution in [0.2, 0.25) is 0 Å². The van der Waals surface area contributed by atoms with Crippen LogP contribution in [0.1, 0.15) is 37.7 Å². The highest BCUT2D eigenvalue weighted by atomic mass is 32.1. The number of benzene rings is 1. The van der Waals surface area contributed by atoms with Crippen molar-refractivity contribution >= 4 is 33.5 Å². The Kier molecular flexibility index (Phi) is 6.69. The van der Waals surface area contributed by atoms with Crippen molar-refractivity contribution < 1.29 is 9.59 Å². The Hall–Kier alpha value is -1.99. The molecule has 24 heavy (non-hydrogen) atoms. The van der Waals surface area contributed by atoms with Crippen molar-refractivity contribution in [1.29, 1.82) is 0 Å². The average molecular weight is 348 g/mol. The Morgan fingerprint density at radius 2 is 2.08 bits per heavy atom. The van der Waals surface area contributed by atoms with Crippen LogP contribution in [0.4, 0.5) is 4.79 Å². The third-order valence-corrected chi connectivity index (χ3v) is 5.00. The number of amides is 3. The number of para-hydroxylation sites is 1. The molecule has 2 rings (SSSR count). The number of carbonyl (C=O) groups excluding carboxylic acids is 2. The van der Waals surface area contributed by atoms with E-state index in [9.17, 15) is 9.59 Å². The molecule has 0 unspecified atom stereocenters. The normalized spacial score (nSPS) is 12.3. The first kappa shape index (κ1) is 18.4. The van der Waals surface area contributed by atoms with Crippen LogP contribution in [0.3, 0.4) is 0 Å². The Balaban J connectivity index is 1.87.